The molecule has 0 spiro atoms. The minimum atomic E-state index is 1.02. The van der Waals surface area contributed by atoms with Crippen LogP contribution in [-0.2, 0) is 0 Å². The van der Waals surface area contributed by atoms with Gasteiger partial charge in [0.15, 0.2) is 3.83 Å². The van der Waals surface area contributed by atoms with Crippen LogP contribution in [0.2, 0.25) is 0 Å². The summed E-state index contributed by atoms with van der Waals surface area (Å²) in [5.74, 6) is 0. The number of rotatable bonds is 0. The fourth-order valence-electron chi connectivity index (χ4n) is 1.03. The van der Waals surface area contributed by atoms with Gasteiger partial charge in [0, 0.05) is 26.2 Å². The predicted octanol–water partition coefficient (Wildman–Crippen LogP) is 4.05. The maximum atomic E-state index is 4.50. The Morgan fingerprint density at radius 3 is 2.54 bits per heavy atom. The smallest absolute Gasteiger partial charge is 0.181 e. The van der Waals surface area contributed by atoms with Crippen LogP contribution in [0.4, 0.5) is 0 Å². The molecule has 0 bridgehead atoms. The molecule has 0 saturated heterocycles. The van der Waals surface area contributed by atoms with Gasteiger partial charge in [0.2, 0.25) is 0 Å². The van der Waals surface area contributed by atoms with Crippen LogP contribution in [0.15, 0.2) is 12.1 Å². The molecule has 1 aromatic carbocycles. The van der Waals surface area contributed by atoms with Crippen molar-refractivity contribution in [3.63, 3.8) is 0 Å². The SMILES string of the molecule is Ic1ccc2c(nc(I)n2I)c1I. The van der Waals surface area contributed by atoms with E-state index in [2.05, 4.69) is 111 Å². The Kier molecular flexibility index (Phi) is 3.62. The fourth-order valence-corrected chi connectivity index (χ4v) is 3.04. The summed E-state index contributed by atoms with van der Waals surface area (Å²) in [7, 11) is 0. The molecule has 0 aliphatic carbocycles. The van der Waals surface area contributed by atoms with E-state index in [1.54, 1.807) is 0 Å². The molecule has 0 aliphatic rings. The van der Waals surface area contributed by atoms with Crippen molar-refractivity contribution >= 4 is 102 Å². The Hall–Kier alpha value is 1.61. The Labute approximate surface area is 130 Å². The fraction of sp³-hybridized carbons (Fsp3) is 0. The highest BCUT2D eigenvalue weighted by molar-refractivity contribution is 14.1. The first-order valence-electron chi connectivity index (χ1n) is 3.29. The first kappa shape index (κ1) is 11.1. The van der Waals surface area contributed by atoms with Crippen LogP contribution in [0.3, 0.4) is 0 Å². The summed E-state index contributed by atoms with van der Waals surface area (Å²) in [6, 6.07) is 4.23. The normalized spacial score (nSPS) is 11.1. The van der Waals surface area contributed by atoms with Crippen molar-refractivity contribution in [3.05, 3.63) is 23.1 Å². The molecule has 0 saturated carbocycles. The monoisotopic (exact) mass is 622 g/mol. The van der Waals surface area contributed by atoms with Gasteiger partial charge in [-0.15, -0.1) is 0 Å². The zero-order valence-corrected chi connectivity index (χ0v) is 14.7. The van der Waals surface area contributed by atoms with Gasteiger partial charge < -0.3 is 0 Å². The van der Waals surface area contributed by atoms with E-state index in [0.29, 0.717) is 0 Å². The van der Waals surface area contributed by atoms with E-state index in [-0.39, 0.29) is 0 Å². The molecule has 0 atom stereocenters. The van der Waals surface area contributed by atoms with Crippen molar-refractivity contribution < 1.29 is 0 Å². The maximum absolute atomic E-state index is 4.50. The number of benzene rings is 1. The van der Waals surface area contributed by atoms with Crippen LogP contribution in [0.25, 0.3) is 11.0 Å². The average molecular weight is 622 g/mol. The molecular weight excluding hydrogens is 620 g/mol. The molecule has 0 aliphatic heterocycles. The quantitative estimate of drug-likeness (QED) is 0.407. The van der Waals surface area contributed by atoms with Crippen molar-refractivity contribution in [2.24, 2.45) is 0 Å². The van der Waals surface area contributed by atoms with E-state index in [0.717, 1.165) is 9.35 Å². The number of nitrogens with zero attached hydrogens (tertiary/aromatic N) is 2. The third-order valence-corrected chi connectivity index (χ3v) is 7.27. The van der Waals surface area contributed by atoms with Crippen molar-refractivity contribution in [1.82, 2.24) is 7.76 Å². The minimum absolute atomic E-state index is 1.02. The molecule has 0 radical (unpaired) electrons. The first-order valence-corrected chi connectivity index (χ1v) is 7.49. The highest BCUT2D eigenvalue weighted by Crippen LogP contribution is 2.27. The number of aromatic nitrogens is 2. The minimum Gasteiger partial charge on any atom is -0.259 e. The average Bonchev–Trinajstić information content (AvgIpc) is 2.38. The van der Waals surface area contributed by atoms with Crippen molar-refractivity contribution in [2.45, 2.75) is 0 Å². The van der Waals surface area contributed by atoms with Gasteiger partial charge in [-0.05, 0) is 57.3 Å². The van der Waals surface area contributed by atoms with Crippen LogP contribution < -0.4 is 0 Å². The molecule has 0 N–H and O–H groups in total. The molecule has 0 fully saturated rings. The van der Waals surface area contributed by atoms with Gasteiger partial charge in [0.25, 0.3) is 0 Å². The number of hydrogen-bond acceptors (Lipinski definition) is 1. The van der Waals surface area contributed by atoms with Gasteiger partial charge in [-0.1, -0.05) is 0 Å². The number of fused-ring (bicyclic) bond motifs is 1. The van der Waals surface area contributed by atoms with Crippen LogP contribution in [0.5, 0.6) is 0 Å². The summed E-state index contributed by atoms with van der Waals surface area (Å²) in [5.41, 5.74) is 2.29. The molecule has 1 heterocycles. The third-order valence-electron chi connectivity index (χ3n) is 1.63. The second-order valence-electron chi connectivity index (χ2n) is 2.39. The van der Waals surface area contributed by atoms with E-state index in [4.69, 9.17) is 0 Å². The summed E-state index contributed by atoms with van der Waals surface area (Å²) < 4.78 is 5.60. The Morgan fingerprint density at radius 1 is 1.15 bits per heavy atom. The second-order valence-corrected chi connectivity index (χ2v) is 6.56. The van der Waals surface area contributed by atoms with Crippen LogP contribution in [0, 0.1) is 11.0 Å². The van der Waals surface area contributed by atoms with Gasteiger partial charge in [0.05, 0.1) is 32.0 Å². The molecular formula is C7H2I4N2. The number of hydrogen-bond donors (Lipinski definition) is 0. The molecule has 2 nitrogen and oxygen atoms in total. The lowest BCUT2D eigenvalue weighted by molar-refractivity contribution is 1.23. The van der Waals surface area contributed by atoms with E-state index >= 15 is 0 Å². The van der Waals surface area contributed by atoms with E-state index < -0.39 is 0 Å². The molecule has 1 aromatic heterocycles. The number of halogens is 4. The van der Waals surface area contributed by atoms with Gasteiger partial charge in [-0.25, -0.2) is 4.98 Å². The predicted molar refractivity (Wildman–Crippen MR) is 87.3 cm³/mol. The van der Waals surface area contributed by atoms with Crippen molar-refractivity contribution in [2.75, 3.05) is 0 Å². The largest absolute Gasteiger partial charge is 0.259 e. The summed E-state index contributed by atoms with van der Waals surface area (Å²) in [6.45, 7) is 0. The molecule has 6 heteroatoms. The standard InChI is InChI=1S/C7H2I4N2/c8-3-1-2-4-6(5(3)9)12-7(10)13(4)11/h1-2H. The highest BCUT2D eigenvalue weighted by Gasteiger charge is 2.10. The van der Waals surface area contributed by atoms with Crippen molar-refractivity contribution in [3.8, 4) is 0 Å². The van der Waals surface area contributed by atoms with Crippen LogP contribution >= 0.6 is 90.6 Å². The highest BCUT2D eigenvalue weighted by atomic mass is 127. The maximum Gasteiger partial charge on any atom is 0.181 e. The Bertz CT molecular complexity index is 477. The van der Waals surface area contributed by atoms with Crippen LogP contribution in [-0.4, -0.2) is 7.76 Å². The second kappa shape index (κ2) is 4.23. The Morgan fingerprint density at radius 2 is 1.85 bits per heavy atom. The summed E-state index contributed by atoms with van der Waals surface area (Å²) in [5, 5.41) is 0. The molecule has 2 aromatic rings. The zero-order valence-electron chi connectivity index (χ0n) is 6.06. The first-order chi connectivity index (χ1) is 6.11. The molecule has 68 valence electrons. The van der Waals surface area contributed by atoms with E-state index in [1.165, 1.54) is 12.7 Å². The topological polar surface area (TPSA) is 17.8 Å². The van der Waals surface area contributed by atoms with E-state index in [1.807, 2.05) is 0 Å². The molecule has 2 rings (SSSR count). The summed E-state index contributed by atoms with van der Waals surface area (Å²) in [6.07, 6.45) is 0. The summed E-state index contributed by atoms with van der Waals surface area (Å²) in [4.78, 5) is 4.50. The van der Waals surface area contributed by atoms with Gasteiger partial charge in [-0.3, -0.25) is 2.78 Å². The van der Waals surface area contributed by atoms with Crippen LogP contribution in [0.1, 0.15) is 0 Å². The third kappa shape index (κ3) is 1.96. The Balaban J connectivity index is 2.94. The zero-order chi connectivity index (χ0) is 9.59. The summed E-state index contributed by atoms with van der Waals surface area (Å²) >= 11 is 9.19. The molecule has 0 amide bonds. The lowest BCUT2D eigenvalue weighted by atomic mass is 10.3. The van der Waals surface area contributed by atoms with E-state index in [9.17, 15) is 0 Å². The van der Waals surface area contributed by atoms with Gasteiger partial charge in [-0.2, -0.15) is 0 Å². The van der Waals surface area contributed by atoms with Crippen molar-refractivity contribution in [1.29, 1.82) is 0 Å². The van der Waals surface area contributed by atoms with Gasteiger partial charge >= 0.3 is 0 Å². The lowest BCUT2D eigenvalue weighted by Crippen LogP contribution is -1.82. The number of imidazole rings is 1. The lowest BCUT2D eigenvalue weighted by Gasteiger charge is -1.96. The molecule has 0 unspecified atom stereocenters. The molecule has 13 heavy (non-hydrogen) atoms. The van der Waals surface area contributed by atoms with Gasteiger partial charge in [0.1, 0.15) is 5.52 Å².